The van der Waals surface area contributed by atoms with Crippen LogP contribution in [0.5, 0.6) is 5.75 Å². The third-order valence-electron chi connectivity index (χ3n) is 3.51. The van der Waals surface area contributed by atoms with Gasteiger partial charge in [0.1, 0.15) is 5.75 Å². The number of anilines is 1. The Kier molecular flexibility index (Phi) is 7.02. The predicted octanol–water partition coefficient (Wildman–Crippen LogP) is 3.55. The molecule has 2 aromatic rings. The molecule has 0 atom stereocenters. The molecule has 0 bridgehead atoms. The zero-order chi connectivity index (χ0) is 18.9. The Balaban J connectivity index is 1.85. The van der Waals surface area contributed by atoms with Crippen molar-refractivity contribution in [3.8, 4) is 5.75 Å². The lowest BCUT2D eigenvalue weighted by Gasteiger charge is -2.11. The molecule has 2 aromatic carbocycles. The smallest absolute Gasteiger partial charge is 0.319 e. The Bertz CT molecular complexity index is 725. The molecule has 0 aliphatic heterocycles. The van der Waals surface area contributed by atoms with Gasteiger partial charge in [0, 0.05) is 23.8 Å². The van der Waals surface area contributed by atoms with Gasteiger partial charge in [-0.25, -0.2) is 4.79 Å². The first kappa shape index (κ1) is 19.3. The molecule has 0 spiro atoms. The summed E-state index contributed by atoms with van der Waals surface area (Å²) in [5.74, 6) is 0.597. The number of urea groups is 1. The molecule has 0 aliphatic rings. The van der Waals surface area contributed by atoms with Gasteiger partial charge in [0.05, 0.1) is 6.61 Å². The normalized spacial score (nSPS) is 10.3. The predicted molar refractivity (Wildman–Crippen MR) is 103 cm³/mol. The van der Waals surface area contributed by atoms with E-state index in [1.165, 1.54) is 0 Å². The quantitative estimate of drug-likeness (QED) is 0.711. The van der Waals surface area contributed by atoms with E-state index in [4.69, 9.17) is 4.74 Å². The molecule has 0 saturated carbocycles. The van der Waals surface area contributed by atoms with Crippen LogP contribution in [0.3, 0.4) is 0 Å². The first-order chi connectivity index (χ1) is 12.5. The summed E-state index contributed by atoms with van der Waals surface area (Å²) in [5, 5.41) is 8.39. The molecule has 0 heterocycles. The minimum atomic E-state index is -0.239. The van der Waals surface area contributed by atoms with E-state index in [0.717, 1.165) is 11.3 Å². The summed E-state index contributed by atoms with van der Waals surface area (Å²) in [6.45, 7) is 6.71. The molecular weight excluding hydrogens is 330 g/mol. The van der Waals surface area contributed by atoms with Crippen molar-refractivity contribution >= 4 is 17.6 Å². The molecule has 2 rings (SSSR count). The van der Waals surface area contributed by atoms with Gasteiger partial charge in [-0.1, -0.05) is 12.1 Å². The molecule has 6 heteroatoms. The molecule has 0 unspecified atom stereocenters. The fourth-order valence-electron chi connectivity index (χ4n) is 2.29. The SMILES string of the molecule is CCOc1ccc(C(=O)NCc2ccc(NC(=O)NC(C)C)cc2)cc1. The van der Waals surface area contributed by atoms with Crippen molar-refractivity contribution in [3.05, 3.63) is 59.7 Å². The summed E-state index contributed by atoms with van der Waals surface area (Å²) in [6.07, 6.45) is 0. The molecule has 3 amide bonds. The summed E-state index contributed by atoms with van der Waals surface area (Å²) in [5.41, 5.74) is 2.22. The molecule has 6 nitrogen and oxygen atoms in total. The number of ether oxygens (including phenoxy) is 1. The maximum absolute atomic E-state index is 12.2. The zero-order valence-electron chi connectivity index (χ0n) is 15.3. The molecule has 26 heavy (non-hydrogen) atoms. The number of carbonyl (C=O) groups is 2. The van der Waals surface area contributed by atoms with Crippen LogP contribution in [-0.4, -0.2) is 24.6 Å². The van der Waals surface area contributed by atoms with Gasteiger partial charge in [0.25, 0.3) is 5.91 Å². The molecule has 0 aromatic heterocycles. The molecule has 0 aliphatic carbocycles. The van der Waals surface area contributed by atoms with Crippen molar-refractivity contribution in [2.45, 2.75) is 33.4 Å². The lowest BCUT2D eigenvalue weighted by atomic mass is 10.1. The first-order valence-electron chi connectivity index (χ1n) is 8.65. The number of hydrogen-bond donors (Lipinski definition) is 3. The highest BCUT2D eigenvalue weighted by molar-refractivity contribution is 5.94. The maximum Gasteiger partial charge on any atom is 0.319 e. The van der Waals surface area contributed by atoms with E-state index in [1.807, 2.05) is 32.9 Å². The zero-order valence-corrected chi connectivity index (χ0v) is 15.3. The van der Waals surface area contributed by atoms with Crippen LogP contribution >= 0.6 is 0 Å². The summed E-state index contributed by atoms with van der Waals surface area (Å²) < 4.78 is 5.36. The summed E-state index contributed by atoms with van der Waals surface area (Å²) in [6, 6.07) is 14.2. The largest absolute Gasteiger partial charge is 0.494 e. The Morgan fingerprint density at radius 2 is 1.65 bits per heavy atom. The van der Waals surface area contributed by atoms with Crippen molar-refractivity contribution in [3.63, 3.8) is 0 Å². The lowest BCUT2D eigenvalue weighted by molar-refractivity contribution is 0.0951. The van der Waals surface area contributed by atoms with Crippen LogP contribution < -0.4 is 20.7 Å². The van der Waals surface area contributed by atoms with Gasteiger partial charge in [-0.15, -0.1) is 0 Å². The highest BCUT2D eigenvalue weighted by Gasteiger charge is 2.06. The number of hydrogen-bond acceptors (Lipinski definition) is 3. The lowest BCUT2D eigenvalue weighted by Crippen LogP contribution is -2.34. The van der Waals surface area contributed by atoms with Gasteiger partial charge in [-0.05, 0) is 62.7 Å². The van der Waals surface area contributed by atoms with Gasteiger partial charge in [0.15, 0.2) is 0 Å². The molecule has 0 saturated heterocycles. The first-order valence-corrected chi connectivity index (χ1v) is 8.65. The Labute approximate surface area is 153 Å². The highest BCUT2D eigenvalue weighted by atomic mass is 16.5. The monoisotopic (exact) mass is 355 g/mol. The van der Waals surface area contributed by atoms with Crippen LogP contribution in [0, 0.1) is 0 Å². The highest BCUT2D eigenvalue weighted by Crippen LogP contribution is 2.13. The van der Waals surface area contributed by atoms with Crippen molar-refractivity contribution in [2.75, 3.05) is 11.9 Å². The standard InChI is InChI=1S/C20H25N3O3/c1-4-26-18-11-7-16(8-12-18)19(24)21-13-15-5-9-17(10-6-15)23-20(25)22-14(2)3/h5-12,14H,4,13H2,1-3H3,(H,21,24)(H2,22,23,25). The number of benzene rings is 2. The number of rotatable bonds is 7. The van der Waals surface area contributed by atoms with Gasteiger partial charge in [0.2, 0.25) is 0 Å². The van der Waals surface area contributed by atoms with Gasteiger partial charge in [-0.2, -0.15) is 0 Å². The molecular formula is C20H25N3O3. The van der Waals surface area contributed by atoms with Crippen LogP contribution in [0.15, 0.2) is 48.5 Å². The topological polar surface area (TPSA) is 79.5 Å². The van der Waals surface area contributed by atoms with E-state index in [1.54, 1.807) is 36.4 Å². The van der Waals surface area contributed by atoms with Crippen LogP contribution in [-0.2, 0) is 6.54 Å². The molecule has 0 fully saturated rings. The second kappa shape index (κ2) is 9.46. The van der Waals surface area contributed by atoms with E-state index < -0.39 is 0 Å². The molecule has 3 N–H and O–H groups in total. The van der Waals surface area contributed by atoms with Crippen molar-refractivity contribution in [1.29, 1.82) is 0 Å². The van der Waals surface area contributed by atoms with E-state index in [2.05, 4.69) is 16.0 Å². The molecule has 138 valence electrons. The molecule has 0 radical (unpaired) electrons. The second-order valence-electron chi connectivity index (χ2n) is 6.09. The maximum atomic E-state index is 12.2. The summed E-state index contributed by atoms with van der Waals surface area (Å²) in [7, 11) is 0. The third kappa shape index (κ3) is 6.12. The van der Waals surface area contributed by atoms with E-state index in [0.29, 0.717) is 24.4 Å². The Morgan fingerprint density at radius 1 is 1.00 bits per heavy atom. The number of amides is 3. The van der Waals surface area contributed by atoms with Crippen LogP contribution in [0.4, 0.5) is 10.5 Å². The van der Waals surface area contributed by atoms with E-state index in [-0.39, 0.29) is 18.0 Å². The van der Waals surface area contributed by atoms with Crippen LogP contribution in [0.25, 0.3) is 0 Å². The Hall–Kier alpha value is -3.02. The Morgan fingerprint density at radius 3 is 2.23 bits per heavy atom. The van der Waals surface area contributed by atoms with E-state index >= 15 is 0 Å². The average molecular weight is 355 g/mol. The fraction of sp³-hybridized carbons (Fsp3) is 0.300. The fourth-order valence-corrected chi connectivity index (χ4v) is 2.29. The number of carbonyl (C=O) groups excluding carboxylic acids is 2. The van der Waals surface area contributed by atoms with Crippen molar-refractivity contribution in [1.82, 2.24) is 10.6 Å². The minimum absolute atomic E-state index is 0.0760. The average Bonchev–Trinajstić information content (AvgIpc) is 2.61. The number of nitrogens with one attached hydrogen (secondary N) is 3. The van der Waals surface area contributed by atoms with Gasteiger partial charge < -0.3 is 20.7 Å². The van der Waals surface area contributed by atoms with Crippen LogP contribution in [0.1, 0.15) is 36.7 Å². The van der Waals surface area contributed by atoms with E-state index in [9.17, 15) is 9.59 Å². The minimum Gasteiger partial charge on any atom is -0.494 e. The second-order valence-corrected chi connectivity index (χ2v) is 6.09. The van der Waals surface area contributed by atoms with Crippen LogP contribution in [0.2, 0.25) is 0 Å². The summed E-state index contributed by atoms with van der Waals surface area (Å²) in [4.78, 5) is 23.8. The van der Waals surface area contributed by atoms with Crippen molar-refractivity contribution < 1.29 is 14.3 Å². The van der Waals surface area contributed by atoms with Gasteiger partial charge in [-0.3, -0.25) is 4.79 Å². The third-order valence-corrected chi connectivity index (χ3v) is 3.51. The van der Waals surface area contributed by atoms with Crippen molar-refractivity contribution in [2.24, 2.45) is 0 Å². The van der Waals surface area contributed by atoms with Gasteiger partial charge >= 0.3 is 6.03 Å². The summed E-state index contributed by atoms with van der Waals surface area (Å²) >= 11 is 0.